The van der Waals surface area contributed by atoms with Gasteiger partial charge in [0.25, 0.3) is 5.91 Å². The summed E-state index contributed by atoms with van der Waals surface area (Å²) in [6.45, 7) is 0. The molecule has 0 spiro atoms. The fourth-order valence-electron chi connectivity index (χ4n) is 1.73. The molecule has 4 nitrogen and oxygen atoms in total. The number of hydrogen-bond acceptors (Lipinski definition) is 5. The number of rotatable bonds is 3. The highest BCUT2D eigenvalue weighted by atomic mass is 35.5. The molecule has 3 rings (SSSR count). The molecule has 0 aliphatic heterocycles. The van der Waals surface area contributed by atoms with Gasteiger partial charge >= 0.3 is 0 Å². The predicted molar refractivity (Wildman–Crippen MR) is 89.2 cm³/mol. The first-order valence-corrected chi connectivity index (χ1v) is 8.13. The zero-order chi connectivity index (χ0) is 14.8. The largest absolute Gasteiger partial charge is 0.399 e. The molecule has 0 atom stereocenters. The summed E-state index contributed by atoms with van der Waals surface area (Å²) < 4.78 is 0. The number of thiazole rings is 1. The van der Waals surface area contributed by atoms with Gasteiger partial charge in [0.1, 0.15) is 4.88 Å². The lowest BCUT2D eigenvalue weighted by molar-refractivity contribution is 0.103. The number of carbonyl (C=O) groups is 1. The topological polar surface area (TPSA) is 68.0 Å². The molecule has 0 fully saturated rings. The average Bonchev–Trinajstić information content (AvgIpc) is 3.09. The van der Waals surface area contributed by atoms with E-state index >= 15 is 0 Å². The first-order chi connectivity index (χ1) is 10.1. The minimum Gasteiger partial charge on any atom is -0.399 e. The van der Waals surface area contributed by atoms with E-state index in [9.17, 15) is 4.79 Å². The lowest BCUT2D eigenvalue weighted by Crippen LogP contribution is -2.10. The van der Waals surface area contributed by atoms with Crippen molar-refractivity contribution in [3.05, 3.63) is 51.0 Å². The van der Waals surface area contributed by atoms with Crippen LogP contribution in [0.1, 0.15) is 9.67 Å². The highest BCUT2D eigenvalue weighted by molar-refractivity contribution is 7.15. The maximum atomic E-state index is 12.1. The van der Waals surface area contributed by atoms with Gasteiger partial charge in [0.15, 0.2) is 5.13 Å². The van der Waals surface area contributed by atoms with Gasteiger partial charge in [0, 0.05) is 16.6 Å². The van der Waals surface area contributed by atoms with Crippen molar-refractivity contribution in [2.45, 2.75) is 0 Å². The van der Waals surface area contributed by atoms with Crippen molar-refractivity contribution in [3.8, 4) is 11.3 Å². The molecule has 0 aliphatic rings. The molecule has 0 saturated heterocycles. The molecule has 106 valence electrons. The van der Waals surface area contributed by atoms with Gasteiger partial charge in [0.05, 0.1) is 10.7 Å². The molecular formula is C14H10ClN3OS2. The summed E-state index contributed by atoms with van der Waals surface area (Å²) in [5.74, 6) is -0.242. The zero-order valence-corrected chi connectivity index (χ0v) is 13.1. The number of carbonyl (C=O) groups excluding carboxylic acids is 1. The van der Waals surface area contributed by atoms with E-state index in [0.29, 0.717) is 20.7 Å². The first kappa shape index (κ1) is 14.1. The molecule has 0 radical (unpaired) electrons. The van der Waals surface area contributed by atoms with Gasteiger partial charge in [-0.15, -0.1) is 22.7 Å². The molecule has 1 aromatic carbocycles. The van der Waals surface area contributed by atoms with Gasteiger partial charge in [0.2, 0.25) is 0 Å². The van der Waals surface area contributed by atoms with Crippen molar-refractivity contribution in [2.24, 2.45) is 0 Å². The second-order valence-corrected chi connectivity index (χ2v) is 6.39. The molecule has 0 unspecified atom stereocenters. The molecule has 21 heavy (non-hydrogen) atoms. The number of amides is 1. The average molecular weight is 336 g/mol. The van der Waals surface area contributed by atoms with E-state index in [-0.39, 0.29) is 5.91 Å². The van der Waals surface area contributed by atoms with Gasteiger partial charge < -0.3 is 5.73 Å². The van der Waals surface area contributed by atoms with E-state index in [0.717, 1.165) is 11.3 Å². The van der Waals surface area contributed by atoms with E-state index in [1.165, 1.54) is 22.7 Å². The van der Waals surface area contributed by atoms with Crippen LogP contribution in [0, 0.1) is 0 Å². The van der Waals surface area contributed by atoms with Crippen LogP contribution in [0.25, 0.3) is 11.3 Å². The summed E-state index contributed by atoms with van der Waals surface area (Å²) in [6.07, 6.45) is 0. The summed E-state index contributed by atoms with van der Waals surface area (Å²) >= 11 is 8.61. The normalized spacial score (nSPS) is 10.5. The second kappa shape index (κ2) is 5.85. The number of hydrogen-bond donors (Lipinski definition) is 2. The van der Waals surface area contributed by atoms with E-state index < -0.39 is 0 Å². The van der Waals surface area contributed by atoms with Crippen LogP contribution < -0.4 is 11.1 Å². The Morgan fingerprint density at radius 1 is 1.19 bits per heavy atom. The molecule has 1 amide bonds. The Balaban J connectivity index is 1.78. The number of nitrogens with one attached hydrogen (secondary N) is 1. The minimum atomic E-state index is -0.242. The number of halogens is 1. The lowest BCUT2D eigenvalue weighted by Gasteiger charge is -2.00. The molecular weight excluding hydrogens is 326 g/mol. The molecule has 7 heteroatoms. The number of nitrogens with zero attached hydrogens (tertiary/aromatic N) is 1. The van der Waals surface area contributed by atoms with E-state index in [1.54, 1.807) is 11.4 Å². The van der Waals surface area contributed by atoms with Crippen molar-refractivity contribution < 1.29 is 4.79 Å². The quantitative estimate of drug-likeness (QED) is 0.699. The van der Waals surface area contributed by atoms with Crippen molar-refractivity contribution in [1.82, 2.24) is 4.98 Å². The number of anilines is 2. The first-order valence-electron chi connectivity index (χ1n) is 5.99. The SMILES string of the molecule is Nc1ccc(-c2csc(NC(=O)c3sccc3Cl)n2)cc1. The van der Waals surface area contributed by atoms with Gasteiger partial charge in [-0.3, -0.25) is 10.1 Å². The van der Waals surface area contributed by atoms with Gasteiger partial charge in [-0.25, -0.2) is 4.98 Å². The summed E-state index contributed by atoms with van der Waals surface area (Å²) in [5.41, 5.74) is 8.11. The van der Waals surface area contributed by atoms with Crippen molar-refractivity contribution in [3.63, 3.8) is 0 Å². The molecule has 2 heterocycles. The number of aromatic nitrogens is 1. The van der Waals surface area contributed by atoms with Crippen LogP contribution in [0.4, 0.5) is 10.8 Å². The third kappa shape index (κ3) is 3.07. The highest BCUT2D eigenvalue weighted by Crippen LogP contribution is 2.27. The fraction of sp³-hybridized carbons (Fsp3) is 0. The maximum Gasteiger partial charge on any atom is 0.269 e. The Morgan fingerprint density at radius 2 is 1.95 bits per heavy atom. The van der Waals surface area contributed by atoms with Crippen LogP contribution >= 0.6 is 34.3 Å². The smallest absolute Gasteiger partial charge is 0.269 e. The number of thiophene rings is 1. The summed E-state index contributed by atoms with van der Waals surface area (Å²) in [5, 5.41) is 7.41. The van der Waals surface area contributed by atoms with E-state index in [4.69, 9.17) is 17.3 Å². The molecule has 0 aliphatic carbocycles. The van der Waals surface area contributed by atoms with Gasteiger partial charge in [-0.2, -0.15) is 0 Å². The summed E-state index contributed by atoms with van der Waals surface area (Å²) in [6, 6.07) is 9.12. The number of benzene rings is 1. The van der Waals surface area contributed by atoms with E-state index in [1.807, 2.05) is 29.6 Å². The maximum absolute atomic E-state index is 12.1. The summed E-state index contributed by atoms with van der Waals surface area (Å²) in [7, 11) is 0. The second-order valence-electron chi connectivity index (χ2n) is 4.21. The third-order valence-electron chi connectivity index (χ3n) is 2.75. The Morgan fingerprint density at radius 3 is 2.62 bits per heavy atom. The Labute approximate surface area is 134 Å². The Kier molecular flexibility index (Phi) is 3.92. The van der Waals surface area contributed by atoms with Crippen LogP contribution in [0.15, 0.2) is 41.1 Å². The molecule has 0 bridgehead atoms. The van der Waals surface area contributed by atoms with Gasteiger partial charge in [-0.05, 0) is 23.6 Å². The fourth-order valence-corrected chi connectivity index (χ4v) is 3.48. The number of nitrogens with two attached hydrogens (primary N) is 1. The highest BCUT2D eigenvalue weighted by Gasteiger charge is 2.14. The third-order valence-corrected chi connectivity index (χ3v) is 4.85. The van der Waals surface area contributed by atoms with E-state index in [2.05, 4.69) is 10.3 Å². The van der Waals surface area contributed by atoms with Crippen LogP contribution in [-0.2, 0) is 0 Å². The minimum absolute atomic E-state index is 0.242. The standard InChI is InChI=1S/C14H10ClN3OS2/c15-10-5-6-20-12(10)13(19)18-14-17-11(7-21-14)8-1-3-9(16)4-2-8/h1-7H,16H2,(H,17,18,19). The molecule has 2 aromatic heterocycles. The lowest BCUT2D eigenvalue weighted by atomic mass is 10.1. The zero-order valence-electron chi connectivity index (χ0n) is 10.7. The number of nitrogen functional groups attached to an aromatic ring is 1. The summed E-state index contributed by atoms with van der Waals surface area (Å²) in [4.78, 5) is 16.9. The molecule has 3 N–H and O–H groups in total. The van der Waals surface area contributed by atoms with Crippen LogP contribution in [-0.4, -0.2) is 10.9 Å². The molecule has 0 saturated carbocycles. The van der Waals surface area contributed by atoms with Crippen LogP contribution in [0.3, 0.4) is 0 Å². The monoisotopic (exact) mass is 335 g/mol. The Bertz CT molecular complexity index is 780. The van der Waals surface area contributed by atoms with Crippen molar-refractivity contribution in [2.75, 3.05) is 11.1 Å². The predicted octanol–water partition coefficient (Wildman–Crippen LogP) is 4.36. The van der Waals surface area contributed by atoms with Crippen molar-refractivity contribution in [1.29, 1.82) is 0 Å². The van der Waals surface area contributed by atoms with Crippen molar-refractivity contribution >= 4 is 51.0 Å². The Hall–Kier alpha value is -1.89. The van der Waals surface area contributed by atoms with Crippen LogP contribution in [0.2, 0.25) is 5.02 Å². The molecule has 3 aromatic rings. The van der Waals surface area contributed by atoms with Crippen LogP contribution in [0.5, 0.6) is 0 Å². The van der Waals surface area contributed by atoms with Gasteiger partial charge in [-0.1, -0.05) is 23.7 Å².